The summed E-state index contributed by atoms with van der Waals surface area (Å²) in [5, 5.41) is 8.80. The Morgan fingerprint density at radius 2 is 1.77 bits per heavy atom. The molecule has 6 fully saturated rings. The third kappa shape index (κ3) is 11.0. The van der Waals surface area contributed by atoms with Crippen LogP contribution in [0.2, 0.25) is 0 Å². The lowest BCUT2D eigenvalue weighted by atomic mass is 9.84. The van der Waals surface area contributed by atoms with Crippen molar-refractivity contribution >= 4 is 45.7 Å². The maximum Gasteiger partial charge on any atom is 0.324 e. The van der Waals surface area contributed by atoms with Crippen LogP contribution >= 0.6 is 11.3 Å². The number of carbonyl (C=O) groups excluding carboxylic acids is 3. The fraction of sp³-hybridized carbons (Fsp3) is 0.610. The molecule has 6 bridgehead atoms. The van der Waals surface area contributed by atoms with Crippen LogP contribution in [0.25, 0.3) is 33.4 Å². The van der Waals surface area contributed by atoms with Gasteiger partial charge in [-0.05, 0) is 114 Å². The number of hydrogen-bond acceptors (Lipinski definition) is 16. The van der Waals surface area contributed by atoms with Crippen molar-refractivity contribution in [3.8, 4) is 22.5 Å². The molecular weight excluding hydrogens is 1010 g/mol. The van der Waals surface area contributed by atoms with E-state index in [1.165, 1.54) is 30.5 Å². The monoisotopic (exact) mass is 1080 g/mol. The first kappa shape index (κ1) is 53.2. The van der Waals surface area contributed by atoms with Crippen LogP contribution in [0, 0.1) is 17.3 Å². The minimum absolute atomic E-state index is 0.0278. The number of hydrazine groups is 1. The number of anilines is 1. The number of hydrogen-bond donors (Lipinski definition) is 2. The standard InChI is InChI=1S/C59H77N11O7S/c1-36-49(45-14-17-60-35-62-45)50(36)55(71)64-52-54(68-18-6-7-19-68)56-63-47(33-78-56)38-10-13-48-42(29-38)44(31-59(3,4)34-77-58(73)46-9-8-20-70(65-46)57(52)72)53(69(48)25-28-76-41-15-26-75-27-16-41)43-30-40(32-61-51(43)37(2)74-5)67-23-21-66(22-24-67)39-11-12-39/h10,13-14,17,29-30,32-33,35-37,39,41,46,49-50,52,54,65H,6-9,11-12,15-16,18-28,31,34H2,1-5H3,(H,64,71)/t36-,37-,46-,49-,50+,52-,54-/m0/s1. The normalized spacial score (nSPS) is 26.9. The Morgan fingerprint density at radius 3 is 2.53 bits per heavy atom. The average molecular weight is 1080 g/mol. The summed E-state index contributed by atoms with van der Waals surface area (Å²) in [5.74, 6) is -1.33. The zero-order valence-corrected chi connectivity index (χ0v) is 46.8. The SMILES string of the molecule is CO[C@@H](C)c1ncc(N2CCN(C3CC3)CC2)cc1-c1c2c3cc(ccc3n1CCOC1CCOCC1)-c1csc(n1)[C@@H](N1CCCC1)[C@H](NC(=O)[C@@H]1[C@@H](C)[C@H]1c1ccncn1)C(=O)N1CCC[C@H](N1)C(=O)OCC(C)(C)C2. The molecule has 1 aromatic carbocycles. The first-order chi connectivity index (χ1) is 37.9. The van der Waals surface area contributed by atoms with Gasteiger partial charge in [0, 0.05) is 122 Å². The van der Waals surface area contributed by atoms with Gasteiger partial charge < -0.3 is 33.7 Å². The molecule has 12 rings (SSSR count). The summed E-state index contributed by atoms with van der Waals surface area (Å²) in [6.45, 7) is 16.9. The topological polar surface area (TPSA) is 182 Å². The van der Waals surface area contributed by atoms with Gasteiger partial charge >= 0.3 is 5.97 Å². The van der Waals surface area contributed by atoms with Crippen LogP contribution in [0.15, 0.2) is 54.4 Å². The molecule has 4 saturated heterocycles. The molecule has 18 nitrogen and oxygen atoms in total. The Kier molecular flexibility index (Phi) is 15.4. The van der Waals surface area contributed by atoms with Gasteiger partial charge in [0.05, 0.1) is 60.4 Å². The van der Waals surface area contributed by atoms with Crippen LogP contribution in [-0.2, 0) is 46.3 Å². The van der Waals surface area contributed by atoms with Gasteiger partial charge in [-0.25, -0.2) is 20.4 Å². The number of nitrogens with zero attached hydrogens (tertiary/aromatic N) is 9. The number of thiazole rings is 1. The van der Waals surface area contributed by atoms with E-state index in [1.54, 1.807) is 18.3 Å². The summed E-state index contributed by atoms with van der Waals surface area (Å²) in [7, 11) is 1.75. The summed E-state index contributed by atoms with van der Waals surface area (Å²) < 4.78 is 27.3. The molecule has 78 heavy (non-hydrogen) atoms. The van der Waals surface area contributed by atoms with Gasteiger partial charge in [0.1, 0.15) is 23.4 Å². The van der Waals surface area contributed by atoms with E-state index >= 15 is 4.79 Å². The molecule has 2 saturated carbocycles. The number of piperazine rings is 1. The molecule has 0 spiro atoms. The summed E-state index contributed by atoms with van der Waals surface area (Å²) >= 11 is 1.53. The molecule has 5 aromatic rings. The number of pyridine rings is 1. The third-order valence-electron chi connectivity index (χ3n) is 17.8. The fourth-order valence-electron chi connectivity index (χ4n) is 13.1. The second kappa shape index (κ2) is 22.6. The number of cyclic esters (lactones) is 1. The molecule has 2 N–H and O–H groups in total. The number of amides is 2. The Morgan fingerprint density at radius 1 is 0.962 bits per heavy atom. The number of carbonyl (C=O) groups is 3. The molecule has 5 aliphatic heterocycles. The third-order valence-corrected chi connectivity index (χ3v) is 18.7. The summed E-state index contributed by atoms with van der Waals surface area (Å²) in [6, 6.07) is 9.26. The van der Waals surface area contributed by atoms with Crippen molar-refractivity contribution in [1.29, 1.82) is 0 Å². The van der Waals surface area contributed by atoms with Crippen LogP contribution in [0.1, 0.15) is 119 Å². The van der Waals surface area contributed by atoms with E-state index in [2.05, 4.69) is 97.3 Å². The van der Waals surface area contributed by atoms with Crippen molar-refractivity contribution in [1.82, 2.24) is 50.1 Å². The molecule has 7 aliphatic rings. The van der Waals surface area contributed by atoms with Gasteiger partial charge in [-0.2, -0.15) is 0 Å². The fourth-order valence-corrected chi connectivity index (χ4v) is 14.1. The van der Waals surface area contributed by atoms with Crippen LogP contribution in [0.5, 0.6) is 0 Å². The molecule has 2 aliphatic carbocycles. The number of nitrogens with one attached hydrogen (secondary N) is 2. The van der Waals surface area contributed by atoms with Crippen molar-refractivity contribution in [2.24, 2.45) is 17.3 Å². The van der Waals surface area contributed by atoms with Gasteiger partial charge in [-0.15, -0.1) is 11.3 Å². The number of ether oxygens (including phenoxy) is 4. The van der Waals surface area contributed by atoms with Crippen molar-refractivity contribution in [2.75, 3.05) is 84.3 Å². The maximum atomic E-state index is 15.3. The lowest BCUT2D eigenvalue weighted by Gasteiger charge is -2.39. The number of benzene rings is 1. The van der Waals surface area contributed by atoms with Gasteiger partial charge in [0.25, 0.3) is 5.91 Å². The largest absolute Gasteiger partial charge is 0.464 e. The lowest BCUT2D eigenvalue weighted by Crippen LogP contribution is -2.62. The predicted molar refractivity (Wildman–Crippen MR) is 298 cm³/mol. The minimum atomic E-state index is -1.00. The second-order valence-electron chi connectivity index (χ2n) is 23.7. The number of methoxy groups -OCH3 is 1. The van der Waals surface area contributed by atoms with E-state index in [1.807, 2.05) is 12.3 Å². The summed E-state index contributed by atoms with van der Waals surface area (Å²) in [5.41, 5.74) is 11.5. The number of aromatic nitrogens is 5. The summed E-state index contributed by atoms with van der Waals surface area (Å²) in [6.07, 6.45) is 13.0. The van der Waals surface area contributed by atoms with Gasteiger partial charge in [-0.1, -0.05) is 26.8 Å². The average Bonchev–Trinajstić information content (AvgIpc) is 4.45. The van der Waals surface area contributed by atoms with Crippen LogP contribution in [0.3, 0.4) is 0 Å². The molecule has 2 amide bonds. The van der Waals surface area contributed by atoms with E-state index in [4.69, 9.17) is 28.9 Å². The van der Waals surface area contributed by atoms with Crippen molar-refractivity contribution in [3.05, 3.63) is 76.4 Å². The Bertz CT molecular complexity index is 2960. The Labute approximate surface area is 461 Å². The molecular formula is C59H77N11O7S. The highest BCUT2D eigenvalue weighted by atomic mass is 32.1. The van der Waals surface area contributed by atoms with Crippen molar-refractivity contribution < 1.29 is 33.3 Å². The molecule has 0 unspecified atom stereocenters. The highest BCUT2D eigenvalue weighted by Gasteiger charge is 2.55. The molecule has 7 atom stereocenters. The zero-order valence-electron chi connectivity index (χ0n) is 46.0. The Hall–Kier alpha value is -5.41. The molecule has 19 heteroatoms. The van der Waals surface area contributed by atoms with E-state index in [0.717, 1.165) is 132 Å². The van der Waals surface area contributed by atoms with E-state index in [0.29, 0.717) is 52.2 Å². The minimum Gasteiger partial charge on any atom is -0.464 e. The number of likely N-dealkylation sites (tertiary alicyclic amines) is 1. The van der Waals surface area contributed by atoms with Crippen molar-refractivity contribution in [3.63, 3.8) is 0 Å². The van der Waals surface area contributed by atoms with Gasteiger partial charge in [0.2, 0.25) is 5.91 Å². The number of rotatable bonds is 13. The summed E-state index contributed by atoms with van der Waals surface area (Å²) in [4.78, 5) is 71.2. The molecule has 4 aromatic heterocycles. The zero-order chi connectivity index (χ0) is 53.7. The van der Waals surface area contributed by atoms with E-state index in [9.17, 15) is 9.59 Å². The second-order valence-corrected chi connectivity index (χ2v) is 24.6. The Balaban J connectivity index is 0.988. The predicted octanol–water partition coefficient (Wildman–Crippen LogP) is 7.10. The molecule has 416 valence electrons. The van der Waals surface area contributed by atoms with Crippen LogP contribution in [0.4, 0.5) is 5.69 Å². The van der Waals surface area contributed by atoms with Crippen molar-refractivity contribution in [2.45, 2.75) is 134 Å². The first-order valence-electron chi connectivity index (χ1n) is 28.8. The van der Waals surface area contributed by atoms with Gasteiger partial charge in [-0.3, -0.25) is 34.2 Å². The quantitative estimate of drug-likeness (QED) is 0.114. The van der Waals surface area contributed by atoms with E-state index in [-0.39, 0.29) is 48.4 Å². The number of fused-ring (bicyclic) bond motifs is 6. The smallest absolute Gasteiger partial charge is 0.324 e. The maximum absolute atomic E-state index is 15.3. The lowest BCUT2D eigenvalue weighted by molar-refractivity contribution is -0.156. The highest BCUT2D eigenvalue weighted by molar-refractivity contribution is 7.10. The molecule has 9 heterocycles. The van der Waals surface area contributed by atoms with Crippen LogP contribution < -0.4 is 15.6 Å². The van der Waals surface area contributed by atoms with Gasteiger partial charge in [0.15, 0.2) is 0 Å². The van der Waals surface area contributed by atoms with E-state index < -0.39 is 29.5 Å². The number of esters is 1. The molecule has 0 radical (unpaired) electrons. The highest BCUT2D eigenvalue weighted by Crippen LogP contribution is 2.53. The first-order valence-corrected chi connectivity index (χ1v) is 29.7. The van der Waals surface area contributed by atoms with Crippen LogP contribution in [-0.4, -0.2) is 161 Å².